The largest absolute Gasteiger partial charge is 0.459 e. The maximum Gasteiger partial charge on any atom is 0.336 e. The van der Waals surface area contributed by atoms with Gasteiger partial charge >= 0.3 is 5.63 Å². The number of hydrogen-bond donors (Lipinski definition) is 2. The number of benzene rings is 1. The summed E-state index contributed by atoms with van der Waals surface area (Å²) in [7, 11) is 0. The van der Waals surface area contributed by atoms with Gasteiger partial charge in [0, 0.05) is 29.5 Å². The van der Waals surface area contributed by atoms with Crippen LogP contribution in [0.3, 0.4) is 0 Å². The minimum Gasteiger partial charge on any atom is -0.459 e. The smallest absolute Gasteiger partial charge is 0.336 e. The molecule has 5 nitrogen and oxygen atoms in total. The molecule has 2 aromatic rings. The molecule has 2 heterocycles. The standard InChI is InChI=1S/C14H14O5/c1-13(2,16)14(17)7-9-5-8-3-4-12(15)18-10(8)6-11(9)19-14/h3-6,16-17H,7H2,1-2H3. The van der Waals surface area contributed by atoms with Crippen molar-refractivity contribution >= 4 is 11.0 Å². The summed E-state index contributed by atoms with van der Waals surface area (Å²) in [5.41, 5.74) is -0.681. The minimum atomic E-state index is -1.67. The Morgan fingerprint density at radius 3 is 2.74 bits per heavy atom. The molecule has 1 atom stereocenters. The Bertz CT molecular complexity index is 710. The molecule has 0 amide bonds. The van der Waals surface area contributed by atoms with Gasteiger partial charge in [-0.3, -0.25) is 0 Å². The molecule has 2 N–H and O–H groups in total. The maximum atomic E-state index is 11.2. The van der Waals surface area contributed by atoms with E-state index < -0.39 is 17.0 Å². The van der Waals surface area contributed by atoms with Crippen LogP contribution in [0.15, 0.2) is 33.5 Å². The van der Waals surface area contributed by atoms with E-state index in [2.05, 4.69) is 0 Å². The van der Waals surface area contributed by atoms with Crippen molar-refractivity contribution in [1.29, 1.82) is 0 Å². The summed E-state index contributed by atoms with van der Waals surface area (Å²) in [6.45, 7) is 2.97. The van der Waals surface area contributed by atoms with E-state index >= 15 is 0 Å². The van der Waals surface area contributed by atoms with Gasteiger partial charge in [-0.15, -0.1) is 0 Å². The van der Waals surface area contributed by atoms with Gasteiger partial charge in [-0.2, -0.15) is 0 Å². The van der Waals surface area contributed by atoms with Crippen LogP contribution in [-0.2, 0) is 6.42 Å². The highest BCUT2D eigenvalue weighted by Gasteiger charge is 2.49. The molecule has 0 radical (unpaired) electrons. The van der Waals surface area contributed by atoms with Crippen molar-refractivity contribution in [3.8, 4) is 5.75 Å². The molecule has 1 aliphatic heterocycles. The highest BCUT2D eigenvalue weighted by molar-refractivity contribution is 5.79. The third kappa shape index (κ3) is 1.82. The minimum absolute atomic E-state index is 0.181. The number of hydrogen-bond acceptors (Lipinski definition) is 5. The van der Waals surface area contributed by atoms with Gasteiger partial charge in [-0.1, -0.05) is 0 Å². The number of fused-ring (bicyclic) bond motifs is 2. The van der Waals surface area contributed by atoms with Gasteiger partial charge in [-0.25, -0.2) is 4.79 Å². The topological polar surface area (TPSA) is 79.9 Å². The Morgan fingerprint density at radius 2 is 2.05 bits per heavy atom. The van der Waals surface area contributed by atoms with E-state index in [9.17, 15) is 15.0 Å². The second-order valence-electron chi connectivity index (χ2n) is 5.37. The summed E-state index contributed by atoms with van der Waals surface area (Å²) in [4.78, 5) is 11.2. The molecule has 0 bridgehead atoms. The Balaban J connectivity index is 2.14. The van der Waals surface area contributed by atoms with Gasteiger partial charge in [0.05, 0.1) is 0 Å². The van der Waals surface area contributed by atoms with Crippen LogP contribution in [0.1, 0.15) is 19.4 Å². The first-order valence-electron chi connectivity index (χ1n) is 5.99. The first-order valence-corrected chi connectivity index (χ1v) is 5.99. The Labute approximate surface area is 109 Å². The van der Waals surface area contributed by atoms with E-state index in [0.29, 0.717) is 11.3 Å². The quantitative estimate of drug-likeness (QED) is 0.754. The van der Waals surface area contributed by atoms with E-state index in [4.69, 9.17) is 9.15 Å². The lowest BCUT2D eigenvalue weighted by atomic mass is 9.93. The molecule has 1 aromatic heterocycles. The Morgan fingerprint density at radius 1 is 1.32 bits per heavy atom. The number of aliphatic hydroxyl groups is 2. The van der Waals surface area contributed by atoms with Gasteiger partial charge in [0.1, 0.15) is 16.9 Å². The van der Waals surface area contributed by atoms with Crippen molar-refractivity contribution in [3.05, 3.63) is 40.2 Å². The summed E-state index contributed by atoms with van der Waals surface area (Å²) < 4.78 is 10.5. The summed E-state index contributed by atoms with van der Waals surface area (Å²) in [6.07, 6.45) is 0.181. The average Bonchev–Trinajstić information content (AvgIpc) is 2.62. The first kappa shape index (κ1) is 12.2. The third-order valence-corrected chi connectivity index (χ3v) is 3.47. The normalized spacial score (nSPS) is 22.3. The lowest BCUT2D eigenvalue weighted by molar-refractivity contribution is -0.232. The molecular weight excluding hydrogens is 248 g/mol. The van der Waals surface area contributed by atoms with Crippen molar-refractivity contribution in [2.75, 3.05) is 0 Å². The molecule has 1 aromatic carbocycles. The van der Waals surface area contributed by atoms with E-state index in [1.54, 1.807) is 18.2 Å². The first-order chi connectivity index (χ1) is 8.78. The Kier molecular flexibility index (Phi) is 2.30. The van der Waals surface area contributed by atoms with Crippen molar-refractivity contribution < 1.29 is 19.4 Å². The monoisotopic (exact) mass is 262 g/mol. The molecule has 1 unspecified atom stereocenters. The molecule has 19 heavy (non-hydrogen) atoms. The van der Waals surface area contributed by atoms with Crippen molar-refractivity contribution in [2.24, 2.45) is 0 Å². The van der Waals surface area contributed by atoms with Crippen LogP contribution in [0.5, 0.6) is 5.75 Å². The fourth-order valence-corrected chi connectivity index (χ4v) is 2.19. The molecule has 0 aliphatic carbocycles. The van der Waals surface area contributed by atoms with E-state index in [0.717, 1.165) is 10.9 Å². The van der Waals surface area contributed by atoms with Gasteiger partial charge in [0.15, 0.2) is 0 Å². The van der Waals surface area contributed by atoms with Crippen LogP contribution in [0.4, 0.5) is 0 Å². The fraction of sp³-hybridized carbons (Fsp3) is 0.357. The molecule has 0 fully saturated rings. The summed E-state index contributed by atoms with van der Waals surface area (Å²) in [6, 6.07) is 6.35. The molecular formula is C14H14O5. The molecule has 0 spiro atoms. The van der Waals surface area contributed by atoms with Gasteiger partial charge in [0.2, 0.25) is 5.79 Å². The van der Waals surface area contributed by atoms with Crippen molar-refractivity contribution in [3.63, 3.8) is 0 Å². The fourth-order valence-electron chi connectivity index (χ4n) is 2.19. The summed E-state index contributed by atoms with van der Waals surface area (Å²) in [5.74, 6) is -1.25. The zero-order valence-corrected chi connectivity index (χ0v) is 10.6. The second kappa shape index (κ2) is 3.59. The van der Waals surface area contributed by atoms with Crippen LogP contribution >= 0.6 is 0 Å². The maximum absolute atomic E-state index is 11.2. The number of rotatable bonds is 1. The molecule has 100 valence electrons. The predicted octanol–water partition coefficient (Wildman–Crippen LogP) is 1.19. The summed E-state index contributed by atoms with van der Waals surface area (Å²) in [5, 5.41) is 21.1. The molecule has 0 saturated heterocycles. The molecule has 1 aliphatic rings. The SMILES string of the molecule is CC(C)(O)C1(O)Cc2cc3ccc(=O)oc3cc2O1. The average molecular weight is 262 g/mol. The van der Waals surface area contributed by atoms with Gasteiger partial charge < -0.3 is 19.4 Å². The van der Waals surface area contributed by atoms with Gasteiger partial charge in [-0.05, 0) is 26.0 Å². The predicted molar refractivity (Wildman–Crippen MR) is 68.1 cm³/mol. The van der Waals surface area contributed by atoms with Crippen molar-refractivity contribution in [1.82, 2.24) is 0 Å². The van der Waals surface area contributed by atoms with Crippen LogP contribution in [-0.4, -0.2) is 21.6 Å². The molecule has 5 heteroatoms. The van der Waals surface area contributed by atoms with E-state index in [1.807, 2.05) is 0 Å². The highest BCUT2D eigenvalue weighted by Crippen LogP contribution is 2.41. The van der Waals surface area contributed by atoms with E-state index in [-0.39, 0.29) is 6.42 Å². The lowest BCUT2D eigenvalue weighted by Crippen LogP contribution is -2.53. The molecule has 0 saturated carbocycles. The highest BCUT2D eigenvalue weighted by atomic mass is 16.6. The summed E-state index contributed by atoms with van der Waals surface area (Å²) >= 11 is 0. The van der Waals surface area contributed by atoms with E-state index in [1.165, 1.54) is 19.9 Å². The zero-order valence-electron chi connectivity index (χ0n) is 10.6. The second-order valence-corrected chi connectivity index (χ2v) is 5.37. The lowest BCUT2D eigenvalue weighted by Gasteiger charge is -2.34. The number of ether oxygens (including phenoxy) is 1. The van der Waals surface area contributed by atoms with Crippen LogP contribution in [0, 0.1) is 0 Å². The zero-order chi connectivity index (χ0) is 13.8. The third-order valence-electron chi connectivity index (χ3n) is 3.47. The van der Waals surface area contributed by atoms with Crippen molar-refractivity contribution in [2.45, 2.75) is 31.7 Å². The van der Waals surface area contributed by atoms with Crippen LogP contribution in [0.25, 0.3) is 11.0 Å². The Hall–Kier alpha value is -1.85. The molecule has 3 rings (SSSR count). The van der Waals surface area contributed by atoms with Gasteiger partial charge in [0.25, 0.3) is 0 Å². The van der Waals surface area contributed by atoms with Crippen LogP contribution in [0.2, 0.25) is 0 Å². The van der Waals surface area contributed by atoms with Crippen LogP contribution < -0.4 is 10.4 Å².